The van der Waals surface area contributed by atoms with Gasteiger partial charge in [0.2, 0.25) is 0 Å². The molecule has 1 fully saturated rings. The summed E-state index contributed by atoms with van der Waals surface area (Å²) in [7, 11) is 0. The number of nitrogens with two attached hydrogens (primary N) is 1. The smallest absolute Gasteiger partial charge is 0.184 e. The van der Waals surface area contributed by atoms with Gasteiger partial charge in [0.05, 0.1) is 6.21 Å². The van der Waals surface area contributed by atoms with E-state index in [4.69, 9.17) is 10.2 Å². The molecule has 0 aromatic carbocycles. The van der Waals surface area contributed by atoms with E-state index in [1.807, 2.05) is 30.5 Å². The predicted molar refractivity (Wildman–Crippen MR) is 95.5 cm³/mol. The van der Waals surface area contributed by atoms with Crippen molar-refractivity contribution >= 4 is 29.4 Å². The third-order valence-corrected chi connectivity index (χ3v) is 3.80. The molecule has 2 aromatic heterocycles. The zero-order valence-corrected chi connectivity index (χ0v) is 13.6. The Hall–Kier alpha value is -2.41. The topological polar surface area (TPSA) is 79.7 Å². The molecule has 3 rings (SSSR count). The highest BCUT2D eigenvalue weighted by Gasteiger charge is 2.12. The summed E-state index contributed by atoms with van der Waals surface area (Å²) < 4.78 is 5.71. The maximum atomic E-state index is 5.71. The molecule has 1 aliphatic heterocycles. The number of hydrogen-bond acceptors (Lipinski definition) is 5. The molecule has 7 heteroatoms. The largest absolute Gasteiger partial charge is 0.455 e. The minimum Gasteiger partial charge on any atom is -0.455 e. The maximum absolute atomic E-state index is 5.71. The molecule has 23 heavy (non-hydrogen) atoms. The molecule has 0 saturated carbocycles. The number of hydrazone groups is 1. The van der Waals surface area contributed by atoms with Gasteiger partial charge >= 0.3 is 0 Å². The van der Waals surface area contributed by atoms with Crippen molar-refractivity contribution in [2.24, 2.45) is 10.8 Å². The van der Waals surface area contributed by atoms with Crippen molar-refractivity contribution in [2.75, 3.05) is 18.0 Å². The van der Waals surface area contributed by atoms with Gasteiger partial charge in [-0.1, -0.05) is 0 Å². The summed E-state index contributed by atoms with van der Waals surface area (Å²) in [6, 6.07) is 7.80. The number of furan rings is 1. The van der Waals surface area contributed by atoms with E-state index >= 15 is 0 Å². The Balaban J connectivity index is 1.68. The second kappa shape index (κ2) is 7.23. The number of anilines is 1. The molecule has 0 atom stereocenters. The van der Waals surface area contributed by atoms with Crippen LogP contribution in [0.4, 0.5) is 5.82 Å². The number of aromatic nitrogens is 1. The lowest BCUT2D eigenvalue weighted by Gasteiger charge is -2.27. The number of rotatable bonds is 4. The van der Waals surface area contributed by atoms with E-state index in [1.165, 1.54) is 25.5 Å². The molecule has 120 valence electrons. The highest BCUT2D eigenvalue weighted by molar-refractivity contribution is 7.80. The number of nitrogens with zero attached hydrogens (tertiary/aromatic N) is 3. The Morgan fingerprint density at radius 3 is 2.78 bits per heavy atom. The van der Waals surface area contributed by atoms with Crippen molar-refractivity contribution in [3.8, 4) is 11.3 Å². The number of pyridine rings is 1. The molecule has 0 aliphatic carbocycles. The summed E-state index contributed by atoms with van der Waals surface area (Å²) in [5, 5.41) is 3.98. The van der Waals surface area contributed by atoms with Crippen LogP contribution in [-0.4, -0.2) is 29.4 Å². The minimum absolute atomic E-state index is 0.116. The van der Waals surface area contributed by atoms with Gasteiger partial charge in [-0.25, -0.2) is 4.98 Å². The third kappa shape index (κ3) is 4.07. The Bertz CT molecular complexity index is 689. The van der Waals surface area contributed by atoms with Gasteiger partial charge in [0.1, 0.15) is 17.3 Å². The lowest BCUT2D eigenvalue weighted by atomic mass is 10.1. The van der Waals surface area contributed by atoms with E-state index < -0.39 is 0 Å². The highest BCUT2D eigenvalue weighted by Crippen LogP contribution is 2.24. The fraction of sp³-hybridized carbons (Fsp3) is 0.312. The van der Waals surface area contributed by atoms with Crippen molar-refractivity contribution in [1.29, 1.82) is 0 Å². The normalized spacial score (nSPS) is 15.0. The molecule has 3 N–H and O–H groups in total. The van der Waals surface area contributed by atoms with Crippen LogP contribution in [0.3, 0.4) is 0 Å². The Labute approximate surface area is 140 Å². The van der Waals surface area contributed by atoms with Crippen molar-refractivity contribution in [3.63, 3.8) is 0 Å². The number of piperidine rings is 1. The van der Waals surface area contributed by atoms with Crippen LogP contribution in [0, 0.1) is 0 Å². The molecule has 1 aliphatic rings. The molecule has 1 saturated heterocycles. The molecule has 3 heterocycles. The monoisotopic (exact) mass is 329 g/mol. The van der Waals surface area contributed by atoms with Crippen LogP contribution in [0.15, 0.2) is 40.0 Å². The summed E-state index contributed by atoms with van der Waals surface area (Å²) in [6.07, 6.45) is 7.17. The van der Waals surface area contributed by atoms with E-state index in [9.17, 15) is 0 Å². The Morgan fingerprint density at radius 1 is 1.26 bits per heavy atom. The van der Waals surface area contributed by atoms with Gasteiger partial charge in [-0.15, -0.1) is 0 Å². The van der Waals surface area contributed by atoms with Crippen LogP contribution >= 0.6 is 12.2 Å². The average molecular weight is 329 g/mol. The molecule has 0 bridgehead atoms. The van der Waals surface area contributed by atoms with Crippen molar-refractivity contribution in [3.05, 3.63) is 36.2 Å². The zero-order chi connectivity index (χ0) is 16.1. The summed E-state index contributed by atoms with van der Waals surface area (Å²) in [5.41, 5.74) is 8.72. The van der Waals surface area contributed by atoms with E-state index in [-0.39, 0.29) is 5.11 Å². The van der Waals surface area contributed by atoms with E-state index in [0.717, 1.165) is 30.2 Å². The van der Waals surface area contributed by atoms with Gasteiger partial charge < -0.3 is 15.1 Å². The third-order valence-electron chi connectivity index (χ3n) is 3.71. The second-order valence-corrected chi connectivity index (χ2v) is 5.83. The number of thiocarbonyl (C=S) groups is 1. The lowest BCUT2D eigenvalue weighted by Crippen LogP contribution is -2.29. The van der Waals surface area contributed by atoms with Crippen LogP contribution in [0.5, 0.6) is 0 Å². The van der Waals surface area contributed by atoms with Crippen molar-refractivity contribution < 1.29 is 4.42 Å². The van der Waals surface area contributed by atoms with Crippen molar-refractivity contribution in [1.82, 2.24) is 10.4 Å². The van der Waals surface area contributed by atoms with Crippen molar-refractivity contribution in [2.45, 2.75) is 19.3 Å². The fourth-order valence-electron chi connectivity index (χ4n) is 2.58. The summed E-state index contributed by atoms with van der Waals surface area (Å²) in [4.78, 5) is 6.89. The van der Waals surface area contributed by atoms with Gasteiger partial charge in [0.15, 0.2) is 5.11 Å². The van der Waals surface area contributed by atoms with Gasteiger partial charge in [0.25, 0.3) is 0 Å². The number of hydrogen-bond donors (Lipinski definition) is 2. The summed E-state index contributed by atoms with van der Waals surface area (Å²) in [6.45, 7) is 2.17. The Morgan fingerprint density at radius 2 is 2.09 bits per heavy atom. The maximum Gasteiger partial charge on any atom is 0.184 e. The lowest BCUT2D eigenvalue weighted by molar-refractivity contribution is 0.571. The second-order valence-electron chi connectivity index (χ2n) is 5.39. The average Bonchev–Trinajstić information content (AvgIpc) is 3.04. The first-order valence-electron chi connectivity index (χ1n) is 7.62. The molecule has 0 amide bonds. The molecule has 0 spiro atoms. The molecular formula is C16H19N5OS. The first kappa shape index (κ1) is 15.5. The molecule has 2 aromatic rings. The van der Waals surface area contributed by atoms with Gasteiger partial charge in [0, 0.05) is 24.8 Å². The predicted octanol–water partition coefficient (Wildman–Crippen LogP) is 2.50. The quantitative estimate of drug-likeness (QED) is 0.510. The van der Waals surface area contributed by atoms with Crippen LogP contribution < -0.4 is 16.1 Å². The van der Waals surface area contributed by atoms with E-state index in [2.05, 4.69) is 32.6 Å². The first-order valence-corrected chi connectivity index (χ1v) is 8.03. The van der Waals surface area contributed by atoms with Gasteiger partial charge in [-0.05, 0) is 55.7 Å². The minimum atomic E-state index is 0.116. The van der Waals surface area contributed by atoms with Gasteiger partial charge in [-0.3, -0.25) is 5.43 Å². The highest BCUT2D eigenvalue weighted by atomic mass is 32.1. The summed E-state index contributed by atoms with van der Waals surface area (Å²) in [5.74, 6) is 2.39. The number of nitrogens with one attached hydrogen (secondary N) is 1. The van der Waals surface area contributed by atoms with Crippen LogP contribution in [0.25, 0.3) is 11.3 Å². The summed E-state index contributed by atoms with van der Waals surface area (Å²) >= 11 is 4.67. The van der Waals surface area contributed by atoms with Crippen LogP contribution in [0.1, 0.15) is 25.0 Å². The fourth-order valence-corrected chi connectivity index (χ4v) is 2.63. The molecule has 6 nitrogen and oxygen atoms in total. The van der Waals surface area contributed by atoms with Crippen LogP contribution in [-0.2, 0) is 0 Å². The molecule has 0 unspecified atom stereocenters. The SMILES string of the molecule is NC(=S)NN=Cc1ccc(-c2ccc(N3CCCCC3)nc2)o1. The zero-order valence-electron chi connectivity index (χ0n) is 12.7. The molecular weight excluding hydrogens is 310 g/mol. The Kier molecular flexibility index (Phi) is 4.87. The molecule has 0 radical (unpaired) electrons. The van der Waals surface area contributed by atoms with Gasteiger partial charge in [-0.2, -0.15) is 5.10 Å². The van der Waals surface area contributed by atoms with Crippen LogP contribution in [0.2, 0.25) is 0 Å². The van der Waals surface area contributed by atoms with E-state index in [1.54, 1.807) is 0 Å². The first-order chi connectivity index (χ1) is 11.2. The standard InChI is InChI=1S/C16H19N5OS/c17-16(23)20-19-11-13-5-6-14(22-13)12-4-7-15(18-10-12)21-8-2-1-3-9-21/h4-7,10-11H,1-3,8-9H2,(H3,17,20,23). The van der Waals surface area contributed by atoms with E-state index in [0.29, 0.717) is 5.76 Å².